The molecule has 1 aliphatic heterocycles. The summed E-state index contributed by atoms with van der Waals surface area (Å²) in [5.41, 5.74) is 5.11. The Kier molecular flexibility index (Phi) is 5.71. The summed E-state index contributed by atoms with van der Waals surface area (Å²) < 4.78 is 5.53. The van der Waals surface area contributed by atoms with E-state index in [0.29, 0.717) is 12.3 Å². The summed E-state index contributed by atoms with van der Waals surface area (Å²) in [6.45, 7) is 2.46. The standard InChI is InChI=1S/C31H29NO4/c1-2-3-4-11-18-36-31(35)23-16-9-10-17-24(23)32-29(33)27-25-19-12-5-6-13-20(19)26(28(27)30(32)34)22-15-8-7-14-21(22)25/h5-10,12-17,25-28H,2-4,11,18H2,1H3/t25?,26?,27-,28-/m1/s1. The smallest absolute Gasteiger partial charge is 0.340 e. The number of imide groups is 1. The molecule has 2 bridgehead atoms. The predicted molar refractivity (Wildman–Crippen MR) is 137 cm³/mol. The molecule has 0 saturated carbocycles. The van der Waals surface area contributed by atoms with Gasteiger partial charge in [-0.2, -0.15) is 0 Å². The molecule has 0 N–H and O–H groups in total. The number of carbonyl (C=O) groups excluding carboxylic acids is 3. The Morgan fingerprint density at radius 2 is 1.22 bits per heavy atom. The molecule has 0 aromatic heterocycles. The summed E-state index contributed by atoms with van der Waals surface area (Å²) in [4.78, 5) is 42.3. The molecule has 3 aromatic carbocycles. The lowest BCUT2D eigenvalue weighted by Gasteiger charge is -2.45. The van der Waals surface area contributed by atoms with Crippen LogP contribution >= 0.6 is 0 Å². The Morgan fingerprint density at radius 1 is 0.722 bits per heavy atom. The molecule has 0 radical (unpaired) electrons. The molecule has 7 rings (SSSR count). The van der Waals surface area contributed by atoms with Gasteiger partial charge in [-0.15, -0.1) is 0 Å². The first-order chi connectivity index (χ1) is 17.6. The topological polar surface area (TPSA) is 63.7 Å². The lowest BCUT2D eigenvalue weighted by atomic mass is 9.55. The third-order valence-electron chi connectivity index (χ3n) is 8.04. The molecule has 3 aromatic rings. The number of carbonyl (C=O) groups is 3. The number of para-hydroxylation sites is 1. The van der Waals surface area contributed by atoms with Crippen molar-refractivity contribution in [3.63, 3.8) is 0 Å². The van der Waals surface area contributed by atoms with Crippen LogP contribution < -0.4 is 4.90 Å². The highest BCUT2D eigenvalue weighted by molar-refractivity contribution is 6.25. The summed E-state index contributed by atoms with van der Waals surface area (Å²) >= 11 is 0. The van der Waals surface area contributed by atoms with Crippen LogP contribution in [0.1, 0.15) is 77.1 Å². The molecule has 1 saturated heterocycles. The SMILES string of the molecule is CCCCCCOC(=O)c1ccccc1N1C(=O)[C@@H]2C3c4ccccc4C(c4ccccc43)[C@H]2C1=O. The van der Waals surface area contributed by atoms with Crippen LogP contribution in [0.5, 0.6) is 0 Å². The highest BCUT2D eigenvalue weighted by Crippen LogP contribution is 2.61. The minimum absolute atomic E-state index is 0.175. The van der Waals surface area contributed by atoms with E-state index in [1.54, 1.807) is 24.3 Å². The van der Waals surface area contributed by atoms with Crippen molar-refractivity contribution < 1.29 is 19.1 Å². The van der Waals surface area contributed by atoms with Crippen LogP contribution in [0, 0.1) is 11.8 Å². The first kappa shape index (κ1) is 22.7. The number of ether oxygens (including phenoxy) is 1. The molecule has 0 unspecified atom stereocenters. The fourth-order valence-corrected chi connectivity index (χ4v) is 6.53. The Balaban J connectivity index is 1.37. The van der Waals surface area contributed by atoms with E-state index in [1.807, 2.05) is 24.3 Å². The molecule has 182 valence electrons. The monoisotopic (exact) mass is 479 g/mol. The predicted octanol–water partition coefficient (Wildman–Crippen LogP) is 5.82. The zero-order valence-corrected chi connectivity index (χ0v) is 20.4. The van der Waals surface area contributed by atoms with Crippen LogP contribution in [0.2, 0.25) is 0 Å². The number of hydrogen-bond acceptors (Lipinski definition) is 4. The fourth-order valence-electron chi connectivity index (χ4n) is 6.53. The quantitative estimate of drug-likeness (QED) is 0.243. The van der Waals surface area contributed by atoms with E-state index in [0.717, 1.165) is 47.9 Å². The van der Waals surface area contributed by atoms with Crippen LogP contribution in [0.4, 0.5) is 5.69 Å². The van der Waals surface area contributed by atoms with Gasteiger partial charge in [-0.3, -0.25) is 9.59 Å². The number of amides is 2. The van der Waals surface area contributed by atoms with E-state index < -0.39 is 17.8 Å². The Hall–Kier alpha value is -3.73. The van der Waals surface area contributed by atoms with E-state index in [2.05, 4.69) is 31.2 Å². The minimum Gasteiger partial charge on any atom is -0.462 e. The molecule has 5 heteroatoms. The molecule has 1 heterocycles. The number of rotatable bonds is 7. The van der Waals surface area contributed by atoms with E-state index >= 15 is 0 Å². The molecule has 2 atom stereocenters. The van der Waals surface area contributed by atoms with Gasteiger partial charge in [0.1, 0.15) is 0 Å². The van der Waals surface area contributed by atoms with Crippen LogP contribution in [0.25, 0.3) is 0 Å². The van der Waals surface area contributed by atoms with Crippen LogP contribution in [0.15, 0.2) is 72.8 Å². The summed E-state index contributed by atoms with van der Waals surface area (Å²) in [6.07, 6.45) is 4.00. The van der Waals surface area contributed by atoms with Gasteiger partial charge < -0.3 is 4.74 Å². The van der Waals surface area contributed by atoms with Crippen molar-refractivity contribution in [3.8, 4) is 0 Å². The Labute approximate surface area is 211 Å². The molecule has 5 nitrogen and oxygen atoms in total. The second kappa shape index (κ2) is 9.05. The van der Waals surface area contributed by atoms with E-state index in [1.165, 1.54) is 4.90 Å². The Bertz CT molecular complexity index is 1250. The zero-order chi connectivity index (χ0) is 24.8. The second-order valence-electron chi connectivity index (χ2n) is 9.99. The maximum Gasteiger partial charge on any atom is 0.340 e. The van der Waals surface area contributed by atoms with Crippen LogP contribution in [-0.2, 0) is 14.3 Å². The fraction of sp³-hybridized carbons (Fsp3) is 0.323. The molecule has 2 amide bonds. The van der Waals surface area contributed by atoms with Gasteiger partial charge in [-0.25, -0.2) is 9.69 Å². The average molecular weight is 480 g/mol. The van der Waals surface area contributed by atoms with Crippen LogP contribution in [0.3, 0.4) is 0 Å². The van der Waals surface area contributed by atoms with Crippen molar-refractivity contribution in [1.29, 1.82) is 0 Å². The van der Waals surface area contributed by atoms with Gasteiger partial charge in [0.25, 0.3) is 0 Å². The van der Waals surface area contributed by atoms with Gasteiger partial charge in [0.15, 0.2) is 0 Å². The summed E-state index contributed by atoms with van der Waals surface area (Å²) in [5, 5.41) is 0. The molecule has 3 aliphatic carbocycles. The van der Waals surface area contributed by atoms with Gasteiger partial charge in [0.2, 0.25) is 11.8 Å². The van der Waals surface area contributed by atoms with Crippen molar-refractivity contribution in [1.82, 2.24) is 0 Å². The van der Waals surface area contributed by atoms with Gasteiger partial charge in [0, 0.05) is 11.8 Å². The number of hydrogen-bond donors (Lipinski definition) is 0. The highest BCUT2D eigenvalue weighted by Gasteiger charge is 2.62. The second-order valence-corrected chi connectivity index (χ2v) is 9.99. The minimum atomic E-state index is -0.493. The maximum absolute atomic E-state index is 14.0. The zero-order valence-electron chi connectivity index (χ0n) is 20.4. The summed E-state index contributed by atoms with van der Waals surface area (Å²) in [5.74, 6) is -2.26. The number of nitrogens with zero attached hydrogens (tertiary/aromatic N) is 1. The van der Waals surface area contributed by atoms with E-state index in [9.17, 15) is 14.4 Å². The third-order valence-corrected chi connectivity index (χ3v) is 8.04. The molecular formula is C31H29NO4. The average Bonchev–Trinajstić information content (AvgIpc) is 3.18. The number of unbranched alkanes of at least 4 members (excludes halogenated alkanes) is 3. The van der Waals surface area contributed by atoms with Crippen molar-refractivity contribution in [3.05, 3.63) is 101 Å². The van der Waals surface area contributed by atoms with Gasteiger partial charge in [0.05, 0.1) is 29.7 Å². The summed E-state index contributed by atoms with van der Waals surface area (Å²) in [6, 6.07) is 23.2. The molecule has 0 spiro atoms. The number of benzene rings is 3. The van der Waals surface area contributed by atoms with Gasteiger partial charge >= 0.3 is 5.97 Å². The van der Waals surface area contributed by atoms with Crippen molar-refractivity contribution >= 4 is 23.5 Å². The van der Waals surface area contributed by atoms with Crippen molar-refractivity contribution in [2.75, 3.05) is 11.5 Å². The molecule has 1 fully saturated rings. The third kappa shape index (κ3) is 3.33. The highest BCUT2D eigenvalue weighted by atomic mass is 16.5. The maximum atomic E-state index is 14.0. The lowest BCUT2D eigenvalue weighted by Crippen LogP contribution is -2.41. The van der Waals surface area contributed by atoms with E-state index in [-0.39, 0.29) is 29.2 Å². The van der Waals surface area contributed by atoms with Gasteiger partial charge in [-0.1, -0.05) is 86.8 Å². The largest absolute Gasteiger partial charge is 0.462 e. The summed E-state index contributed by atoms with van der Waals surface area (Å²) in [7, 11) is 0. The molecule has 36 heavy (non-hydrogen) atoms. The number of anilines is 1. The van der Waals surface area contributed by atoms with Crippen molar-refractivity contribution in [2.45, 2.75) is 44.4 Å². The normalized spacial score (nSPS) is 23.3. The van der Waals surface area contributed by atoms with Crippen LogP contribution in [-0.4, -0.2) is 24.4 Å². The number of esters is 1. The molecular weight excluding hydrogens is 450 g/mol. The van der Waals surface area contributed by atoms with Gasteiger partial charge in [-0.05, 0) is 40.8 Å². The van der Waals surface area contributed by atoms with Crippen molar-refractivity contribution in [2.24, 2.45) is 11.8 Å². The van der Waals surface area contributed by atoms with E-state index in [4.69, 9.17) is 4.74 Å². The Morgan fingerprint density at radius 3 is 1.75 bits per heavy atom. The first-order valence-corrected chi connectivity index (χ1v) is 12.9. The first-order valence-electron chi connectivity index (χ1n) is 12.9. The molecule has 4 aliphatic rings. The lowest BCUT2D eigenvalue weighted by molar-refractivity contribution is -0.122.